The molecule has 1 atom stereocenters. The van der Waals surface area contributed by atoms with E-state index in [0.29, 0.717) is 18.2 Å². The highest BCUT2D eigenvalue weighted by Crippen LogP contribution is 2.27. The Balaban J connectivity index is 1.96. The first-order chi connectivity index (χ1) is 8.22. The van der Waals surface area contributed by atoms with Crippen molar-refractivity contribution in [3.05, 3.63) is 11.9 Å². The predicted octanol–water partition coefficient (Wildman–Crippen LogP) is 1.61. The normalized spacial score (nSPS) is 18.2. The molecule has 1 amide bonds. The van der Waals surface area contributed by atoms with Crippen molar-refractivity contribution in [2.75, 3.05) is 0 Å². The molecule has 2 rings (SSSR count). The van der Waals surface area contributed by atoms with Gasteiger partial charge < -0.3 is 5.32 Å². The van der Waals surface area contributed by atoms with Gasteiger partial charge in [-0.25, -0.2) is 4.68 Å². The van der Waals surface area contributed by atoms with E-state index in [1.54, 1.807) is 4.68 Å². The fourth-order valence-corrected chi connectivity index (χ4v) is 2.52. The number of hydrogen-bond acceptors (Lipinski definition) is 3. The molecule has 1 aliphatic rings. The molecule has 0 spiro atoms. The lowest BCUT2D eigenvalue weighted by molar-refractivity contribution is 0.0916. The number of hydrogen-bond donors (Lipinski definition) is 1. The number of rotatable bonds is 4. The molecule has 1 aliphatic carbocycles. The largest absolute Gasteiger partial charge is 0.348 e. The molecule has 5 nitrogen and oxygen atoms in total. The van der Waals surface area contributed by atoms with Gasteiger partial charge in [0.05, 0.1) is 6.20 Å². The van der Waals surface area contributed by atoms with Gasteiger partial charge in [0.15, 0.2) is 0 Å². The van der Waals surface area contributed by atoms with Gasteiger partial charge in [-0.15, -0.1) is 5.10 Å². The Hall–Kier alpha value is -1.39. The van der Waals surface area contributed by atoms with Gasteiger partial charge in [0.1, 0.15) is 5.69 Å². The molecule has 17 heavy (non-hydrogen) atoms. The summed E-state index contributed by atoms with van der Waals surface area (Å²) in [4.78, 5) is 12.0. The lowest BCUT2D eigenvalue weighted by Crippen LogP contribution is -2.38. The average molecular weight is 236 g/mol. The number of aromatic nitrogens is 3. The second-order valence-corrected chi connectivity index (χ2v) is 4.74. The van der Waals surface area contributed by atoms with Crippen LogP contribution >= 0.6 is 0 Å². The molecule has 1 heterocycles. The first kappa shape index (κ1) is 12.1. The minimum Gasteiger partial charge on any atom is -0.348 e. The van der Waals surface area contributed by atoms with Crippen LogP contribution in [0.25, 0.3) is 0 Å². The molecule has 5 heteroatoms. The van der Waals surface area contributed by atoms with Crippen molar-refractivity contribution in [1.29, 1.82) is 0 Å². The van der Waals surface area contributed by atoms with Crippen molar-refractivity contribution in [3.8, 4) is 0 Å². The first-order valence-corrected chi connectivity index (χ1v) is 6.41. The van der Waals surface area contributed by atoms with Gasteiger partial charge in [0.25, 0.3) is 5.91 Å². The SMILES string of the molecule is CCn1nncc1C(=O)N[C@H](C)C1CCCC1. The molecule has 0 unspecified atom stereocenters. The van der Waals surface area contributed by atoms with Crippen LogP contribution in [-0.4, -0.2) is 26.9 Å². The summed E-state index contributed by atoms with van der Waals surface area (Å²) >= 11 is 0. The summed E-state index contributed by atoms with van der Waals surface area (Å²) in [7, 11) is 0. The van der Waals surface area contributed by atoms with E-state index in [1.165, 1.54) is 31.9 Å². The van der Waals surface area contributed by atoms with Gasteiger partial charge in [-0.05, 0) is 32.6 Å². The summed E-state index contributed by atoms with van der Waals surface area (Å²) in [6.07, 6.45) is 6.57. The highest BCUT2D eigenvalue weighted by Gasteiger charge is 2.24. The summed E-state index contributed by atoms with van der Waals surface area (Å²) in [5, 5.41) is 10.7. The smallest absolute Gasteiger partial charge is 0.271 e. The summed E-state index contributed by atoms with van der Waals surface area (Å²) in [5.74, 6) is 0.571. The van der Waals surface area contributed by atoms with Crippen LogP contribution in [0.4, 0.5) is 0 Å². The molecular formula is C12H20N4O. The standard InChI is InChI=1S/C12H20N4O/c1-3-16-11(8-13-15-16)12(17)14-9(2)10-6-4-5-7-10/h8-10H,3-7H2,1-2H3,(H,14,17)/t9-/m1/s1. The monoisotopic (exact) mass is 236 g/mol. The molecule has 1 aromatic rings. The molecule has 0 aliphatic heterocycles. The molecule has 1 N–H and O–H groups in total. The number of carbonyl (C=O) groups is 1. The van der Waals surface area contributed by atoms with Crippen molar-refractivity contribution < 1.29 is 4.79 Å². The van der Waals surface area contributed by atoms with Crippen LogP contribution in [-0.2, 0) is 6.54 Å². The maximum atomic E-state index is 12.0. The molecule has 94 valence electrons. The lowest BCUT2D eigenvalue weighted by atomic mass is 10.00. The summed E-state index contributed by atoms with van der Waals surface area (Å²) in [5.41, 5.74) is 0.553. The highest BCUT2D eigenvalue weighted by atomic mass is 16.2. The second-order valence-electron chi connectivity index (χ2n) is 4.74. The number of nitrogens with one attached hydrogen (secondary N) is 1. The Morgan fingerprint density at radius 1 is 1.59 bits per heavy atom. The fraction of sp³-hybridized carbons (Fsp3) is 0.750. The third-order valence-electron chi connectivity index (χ3n) is 3.62. The Labute approximate surface area is 102 Å². The fourth-order valence-electron chi connectivity index (χ4n) is 2.52. The van der Waals surface area contributed by atoms with Gasteiger partial charge in [-0.1, -0.05) is 18.1 Å². The third kappa shape index (κ3) is 2.65. The van der Waals surface area contributed by atoms with Gasteiger partial charge in [0, 0.05) is 12.6 Å². The zero-order valence-corrected chi connectivity index (χ0v) is 10.5. The Morgan fingerprint density at radius 2 is 2.29 bits per heavy atom. The summed E-state index contributed by atoms with van der Waals surface area (Å²) < 4.78 is 1.62. The molecule has 1 aromatic heterocycles. The number of aryl methyl sites for hydroxylation is 1. The van der Waals surface area contributed by atoms with Crippen LogP contribution in [0.5, 0.6) is 0 Å². The third-order valence-corrected chi connectivity index (χ3v) is 3.62. The first-order valence-electron chi connectivity index (χ1n) is 6.41. The number of amides is 1. The zero-order valence-electron chi connectivity index (χ0n) is 10.5. The average Bonchev–Trinajstić information content (AvgIpc) is 2.99. The van der Waals surface area contributed by atoms with Gasteiger partial charge in [-0.2, -0.15) is 0 Å². The van der Waals surface area contributed by atoms with E-state index < -0.39 is 0 Å². The van der Waals surface area contributed by atoms with Gasteiger partial charge in [0.2, 0.25) is 0 Å². The van der Waals surface area contributed by atoms with E-state index in [4.69, 9.17) is 0 Å². The molecule has 0 bridgehead atoms. The van der Waals surface area contributed by atoms with E-state index in [0.717, 1.165) is 0 Å². The van der Waals surface area contributed by atoms with Crippen molar-refractivity contribution >= 4 is 5.91 Å². The Morgan fingerprint density at radius 3 is 2.94 bits per heavy atom. The van der Waals surface area contributed by atoms with Crippen LogP contribution in [0.3, 0.4) is 0 Å². The van der Waals surface area contributed by atoms with Crippen molar-refractivity contribution in [2.45, 2.75) is 52.1 Å². The maximum Gasteiger partial charge on any atom is 0.271 e. The van der Waals surface area contributed by atoms with Crippen molar-refractivity contribution in [1.82, 2.24) is 20.3 Å². The van der Waals surface area contributed by atoms with Gasteiger partial charge >= 0.3 is 0 Å². The Bertz CT molecular complexity index is 382. The van der Waals surface area contributed by atoms with Crippen LogP contribution in [0.2, 0.25) is 0 Å². The summed E-state index contributed by atoms with van der Waals surface area (Å²) in [6.45, 7) is 4.71. The van der Waals surface area contributed by atoms with Crippen molar-refractivity contribution in [3.63, 3.8) is 0 Å². The van der Waals surface area contributed by atoms with Gasteiger partial charge in [-0.3, -0.25) is 4.79 Å². The van der Waals surface area contributed by atoms with E-state index in [9.17, 15) is 4.79 Å². The molecule has 0 radical (unpaired) electrons. The highest BCUT2D eigenvalue weighted by molar-refractivity contribution is 5.92. The van der Waals surface area contributed by atoms with Crippen LogP contribution in [0.1, 0.15) is 50.0 Å². The van der Waals surface area contributed by atoms with Crippen LogP contribution < -0.4 is 5.32 Å². The number of nitrogens with zero attached hydrogens (tertiary/aromatic N) is 3. The topological polar surface area (TPSA) is 59.8 Å². The molecule has 1 saturated carbocycles. The minimum atomic E-state index is -0.0590. The quantitative estimate of drug-likeness (QED) is 0.864. The molecule has 1 fully saturated rings. The Kier molecular flexibility index (Phi) is 3.76. The summed E-state index contributed by atoms with van der Waals surface area (Å²) in [6, 6.07) is 0.241. The molecular weight excluding hydrogens is 216 g/mol. The van der Waals surface area contributed by atoms with E-state index in [1.807, 2.05) is 6.92 Å². The molecule has 0 saturated heterocycles. The lowest BCUT2D eigenvalue weighted by Gasteiger charge is -2.20. The van der Waals surface area contributed by atoms with E-state index in [2.05, 4.69) is 22.6 Å². The van der Waals surface area contributed by atoms with E-state index >= 15 is 0 Å². The molecule has 0 aromatic carbocycles. The predicted molar refractivity (Wildman–Crippen MR) is 64.6 cm³/mol. The van der Waals surface area contributed by atoms with E-state index in [-0.39, 0.29) is 11.9 Å². The minimum absolute atomic E-state index is 0.0590. The van der Waals surface area contributed by atoms with Crippen LogP contribution in [0.15, 0.2) is 6.20 Å². The maximum absolute atomic E-state index is 12.0. The second kappa shape index (κ2) is 5.29. The van der Waals surface area contributed by atoms with Crippen LogP contribution in [0, 0.1) is 5.92 Å². The van der Waals surface area contributed by atoms with Crippen molar-refractivity contribution in [2.24, 2.45) is 5.92 Å². The number of carbonyl (C=O) groups excluding carboxylic acids is 1. The zero-order chi connectivity index (χ0) is 12.3.